The molecule has 4 rings (SSSR count). The first-order valence-corrected chi connectivity index (χ1v) is 9.78. The molecule has 0 radical (unpaired) electrons. The van der Waals surface area contributed by atoms with Crippen molar-refractivity contribution < 1.29 is 14.7 Å². The van der Waals surface area contributed by atoms with Gasteiger partial charge in [-0.25, -0.2) is 14.8 Å². The van der Waals surface area contributed by atoms with E-state index in [-0.39, 0.29) is 17.9 Å². The Morgan fingerprint density at radius 3 is 2.52 bits per heavy atom. The summed E-state index contributed by atoms with van der Waals surface area (Å²) in [5.41, 5.74) is 1.45. The molecule has 0 spiro atoms. The van der Waals surface area contributed by atoms with E-state index in [0.29, 0.717) is 33.0 Å². The van der Waals surface area contributed by atoms with E-state index in [2.05, 4.69) is 25.6 Å². The maximum Gasteiger partial charge on any atom is 0.404 e. The summed E-state index contributed by atoms with van der Waals surface area (Å²) < 4.78 is 0. The van der Waals surface area contributed by atoms with Crippen molar-refractivity contribution in [1.82, 2.24) is 20.3 Å². The molecular weight excluding hydrogens is 394 g/mol. The predicted octanol–water partition coefficient (Wildman–Crippen LogP) is 3.83. The second kappa shape index (κ2) is 8.08. The van der Waals surface area contributed by atoms with Gasteiger partial charge in [-0.05, 0) is 37.8 Å². The minimum Gasteiger partial charge on any atom is -0.465 e. The summed E-state index contributed by atoms with van der Waals surface area (Å²) in [7, 11) is 0. The second-order valence-corrected chi connectivity index (χ2v) is 7.51. The predicted molar refractivity (Wildman–Crippen MR) is 110 cm³/mol. The summed E-state index contributed by atoms with van der Waals surface area (Å²) in [6, 6.07) is 7.03. The molecule has 1 aliphatic carbocycles. The van der Waals surface area contributed by atoms with E-state index in [0.717, 1.165) is 25.7 Å². The lowest BCUT2D eigenvalue weighted by atomic mass is 9.91. The largest absolute Gasteiger partial charge is 0.465 e. The molecule has 2 heterocycles. The quantitative estimate of drug-likeness (QED) is 0.472. The molecular formula is C20H20ClN5O3. The Kier molecular flexibility index (Phi) is 5.35. The SMILES string of the molecule is O=C(O)N[C@H]1CC[C@@H](Nc2ncnc3[nH]cc(C(=O)c4ccccc4Cl)c23)CC1. The van der Waals surface area contributed by atoms with Crippen LogP contribution in [-0.2, 0) is 0 Å². The van der Waals surface area contributed by atoms with Crippen molar-refractivity contribution in [3.05, 3.63) is 52.9 Å². The number of carbonyl (C=O) groups excluding carboxylic acids is 1. The topological polar surface area (TPSA) is 120 Å². The molecule has 1 amide bonds. The maximum atomic E-state index is 13.1. The Morgan fingerprint density at radius 2 is 1.79 bits per heavy atom. The van der Waals surface area contributed by atoms with Gasteiger partial charge in [-0.1, -0.05) is 23.7 Å². The van der Waals surface area contributed by atoms with Crippen molar-refractivity contribution in [2.75, 3.05) is 5.32 Å². The van der Waals surface area contributed by atoms with Crippen molar-refractivity contribution in [3.63, 3.8) is 0 Å². The van der Waals surface area contributed by atoms with Gasteiger partial charge < -0.3 is 20.7 Å². The molecule has 1 fully saturated rings. The Balaban J connectivity index is 1.58. The summed E-state index contributed by atoms with van der Waals surface area (Å²) in [5.74, 6) is 0.385. The Hall–Kier alpha value is -3.13. The van der Waals surface area contributed by atoms with Crippen LogP contribution in [0.2, 0.25) is 5.02 Å². The Bertz CT molecular complexity index is 1060. The molecule has 4 N–H and O–H groups in total. The van der Waals surface area contributed by atoms with Gasteiger partial charge in [0.1, 0.15) is 17.8 Å². The molecule has 0 atom stereocenters. The fraction of sp³-hybridized carbons (Fsp3) is 0.300. The number of rotatable bonds is 5. The number of aromatic amines is 1. The monoisotopic (exact) mass is 413 g/mol. The zero-order valence-corrected chi connectivity index (χ0v) is 16.2. The van der Waals surface area contributed by atoms with Gasteiger partial charge in [0.25, 0.3) is 0 Å². The number of H-pyrrole nitrogens is 1. The number of anilines is 1. The zero-order valence-electron chi connectivity index (χ0n) is 15.5. The van der Waals surface area contributed by atoms with Crippen molar-refractivity contribution in [3.8, 4) is 0 Å². The average Bonchev–Trinajstić information content (AvgIpc) is 3.14. The highest BCUT2D eigenvalue weighted by Gasteiger charge is 2.25. The lowest BCUT2D eigenvalue weighted by Gasteiger charge is -2.29. The first kappa shape index (κ1) is 19.2. The molecule has 8 nitrogen and oxygen atoms in total. The third kappa shape index (κ3) is 4.02. The smallest absolute Gasteiger partial charge is 0.404 e. The number of halogens is 1. The second-order valence-electron chi connectivity index (χ2n) is 7.10. The molecule has 3 aromatic rings. The molecule has 0 unspecified atom stereocenters. The Labute approximate surface area is 171 Å². The van der Waals surface area contributed by atoms with Crippen LogP contribution in [0.5, 0.6) is 0 Å². The van der Waals surface area contributed by atoms with Gasteiger partial charge in [0.05, 0.1) is 16.0 Å². The number of carboxylic acid groups (broad SMARTS) is 1. The van der Waals surface area contributed by atoms with Gasteiger partial charge in [0.2, 0.25) is 0 Å². The van der Waals surface area contributed by atoms with Crippen LogP contribution < -0.4 is 10.6 Å². The minimum atomic E-state index is -0.992. The van der Waals surface area contributed by atoms with E-state index in [4.69, 9.17) is 16.7 Å². The molecule has 150 valence electrons. The van der Waals surface area contributed by atoms with Gasteiger partial charge in [-0.2, -0.15) is 0 Å². The van der Waals surface area contributed by atoms with Gasteiger partial charge in [0, 0.05) is 23.8 Å². The summed E-state index contributed by atoms with van der Waals surface area (Å²) >= 11 is 6.21. The van der Waals surface area contributed by atoms with Crippen molar-refractivity contribution in [1.29, 1.82) is 0 Å². The number of hydrogen-bond acceptors (Lipinski definition) is 5. The first-order valence-electron chi connectivity index (χ1n) is 9.40. The normalized spacial score (nSPS) is 19.1. The molecule has 1 aromatic carbocycles. The molecule has 1 aliphatic rings. The van der Waals surface area contributed by atoms with Crippen molar-refractivity contribution in [2.24, 2.45) is 0 Å². The van der Waals surface area contributed by atoms with Crippen molar-refractivity contribution >= 4 is 40.3 Å². The number of benzene rings is 1. The number of nitrogens with zero attached hydrogens (tertiary/aromatic N) is 2. The van der Waals surface area contributed by atoms with Gasteiger partial charge in [-0.15, -0.1) is 0 Å². The molecule has 0 aliphatic heterocycles. The highest BCUT2D eigenvalue weighted by Crippen LogP contribution is 2.30. The highest BCUT2D eigenvalue weighted by molar-refractivity contribution is 6.35. The van der Waals surface area contributed by atoms with E-state index < -0.39 is 6.09 Å². The van der Waals surface area contributed by atoms with Crippen LogP contribution >= 0.6 is 11.6 Å². The highest BCUT2D eigenvalue weighted by atomic mass is 35.5. The van der Waals surface area contributed by atoms with E-state index >= 15 is 0 Å². The average molecular weight is 414 g/mol. The molecule has 0 saturated heterocycles. The molecule has 2 aromatic heterocycles. The fourth-order valence-electron chi connectivity index (χ4n) is 3.79. The number of fused-ring (bicyclic) bond motifs is 1. The number of nitrogens with one attached hydrogen (secondary N) is 3. The summed E-state index contributed by atoms with van der Waals surface area (Å²) in [4.78, 5) is 35.5. The standard InChI is InChI=1S/C20H20ClN5O3/c21-15-4-2-1-3-13(15)17(27)14-9-22-18-16(14)19(24-10-23-18)25-11-5-7-12(8-6-11)26-20(28)29/h1-4,9-12,26H,5-8H2,(H,28,29)(H2,22,23,24,25)/t11-,12+. The van der Waals surface area contributed by atoms with Crippen LogP contribution in [0.4, 0.5) is 10.6 Å². The number of amides is 1. The van der Waals surface area contributed by atoms with Crippen LogP contribution in [0.15, 0.2) is 36.8 Å². The van der Waals surface area contributed by atoms with Crippen LogP contribution in [0.3, 0.4) is 0 Å². The van der Waals surface area contributed by atoms with E-state index in [1.165, 1.54) is 6.33 Å². The van der Waals surface area contributed by atoms with Gasteiger partial charge in [0.15, 0.2) is 5.78 Å². The summed E-state index contributed by atoms with van der Waals surface area (Å²) in [5, 5.41) is 15.8. The number of aromatic nitrogens is 3. The first-order chi connectivity index (χ1) is 14.0. The summed E-state index contributed by atoms with van der Waals surface area (Å²) in [6.45, 7) is 0. The van der Waals surface area contributed by atoms with Crippen LogP contribution in [0, 0.1) is 0 Å². The van der Waals surface area contributed by atoms with Crippen molar-refractivity contribution in [2.45, 2.75) is 37.8 Å². The number of carbonyl (C=O) groups is 2. The van der Waals surface area contributed by atoms with E-state index in [1.54, 1.807) is 30.5 Å². The van der Waals surface area contributed by atoms with E-state index in [9.17, 15) is 9.59 Å². The molecule has 29 heavy (non-hydrogen) atoms. The lowest BCUT2D eigenvalue weighted by Crippen LogP contribution is -2.39. The zero-order chi connectivity index (χ0) is 20.4. The number of ketones is 1. The molecule has 1 saturated carbocycles. The lowest BCUT2D eigenvalue weighted by molar-refractivity contribution is 0.104. The minimum absolute atomic E-state index is 0.0272. The Morgan fingerprint density at radius 1 is 1.07 bits per heavy atom. The molecule has 9 heteroatoms. The van der Waals surface area contributed by atoms with Crippen LogP contribution in [0.1, 0.15) is 41.6 Å². The van der Waals surface area contributed by atoms with Gasteiger partial charge in [-0.3, -0.25) is 4.79 Å². The molecule has 0 bridgehead atoms. The van der Waals surface area contributed by atoms with Crippen LogP contribution in [-0.4, -0.2) is 44.0 Å². The number of hydrogen-bond donors (Lipinski definition) is 4. The maximum absolute atomic E-state index is 13.1. The summed E-state index contributed by atoms with van der Waals surface area (Å²) in [6.07, 6.45) is 5.18. The third-order valence-corrected chi connectivity index (χ3v) is 5.56. The third-order valence-electron chi connectivity index (χ3n) is 5.23. The van der Waals surface area contributed by atoms with Crippen LogP contribution in [0.25, 0.3) is 11.0 Å². The fourth-order valence-corrected chi connectivity index (χ4v) is 4.01. The van der Waals surface area contributed by atoms with Gasteiger partial charge >= 0.3 is 6.09 Å². The van der Waals surface area contributed by atoms with E-state index in [1.807, 2.05) is 0 Å².